The number of hydrogen-bond acceptors (Lipinski definition) is 4. The molecule has 94 valence electrons. The predicted octanol–water partition coefficient (Wildman–Crippen LogP) is 2.38. The maximum Gasteiger partial charge on any atom is 0.160 e. The van der Waals surface area contributed by atoms with E-state index in [0.29, 0.717) is 12.1 Å². The number of nitrogens with one attached hydrogen (secondary N) is 1. The molecule has 1 saturated heterocycles. The van der Waals surface area contributed by atoms with Crippen molar-refractivity contribution in [3.8, 4) is 5.75 Å². The normalized spacial score (nSPS) is 24.4. The number of methoxy groups -OCH3 is 1. The molecule has 1 fully saturated rings. The van der Waals surface area contributed by atoms with Gasteiger partial charge in [0.1, 0.15) is 0 Å². The number of pyridine rings is 1. The Balaban J connectivity index is 2.08. The van der Waals surface area contributed by atoms with Gasteiger partial charge in [-0.05, 0) is 32.8 Å². The van der Waals surface area contributed by atoms with Gasteiger partial charge < -0.3 is 14.8 Å². The van der Waals surface area contributed by atoms with E-state index in [9.17, 15) is 0 Å². The van der Waals surface area contributed by atoms with Crippen LogP contribution in [0.1, 0.15) is 25.5 Å². The van der Waals surface area contributed by atoms with E-state index >= 15 is 0 Å². The molecule has 2 atom stereocenters. The second-order valence-electron chi connectivity index (χ2n) is 4.57. The van der Waals surface area contributed by atoms with Gasteiger partial charge in [0.25, 0.3) is 0 Å². The summed E-state index contributed by atoms with van der Waals surface area (Å²) in [5, 5.41) is 3.53. The Morgan fingerprint density at radius 3 is 3.06 bits per heavy atom. The Labute approximate surface area is 102 Å². The highest BCUT2D eigenvalue weighted by molar-refractivity contribution is 5.56. The van der Waals surface area contributed by atoms with Crippen LogP contribution < -0.4 is 10.1 Å². The van der Waals surface area contributed by atoms with E-state index in [-0.39, 0.29) is 0 Å². The van der Waals surface area contributed by atoms with Crippen molar-refractivity contribution in [3.63, 3.8) is 0 Å². The Bertz CT molecular complexity index is 382. The average molecular weight is 236 g/mol. The zero-order chi connectivity index (χ0) is 12.3. The minimum Gasteiger partial charge on any atom is -0.493 e. The number of hydrogen-bond donors (Lipinski definition) is 1. The molecule has 0 spiro atoms. The van der Waals surface area contributed by atoms with Gasteiger partial charge in [-0.3, -0.25) is 4.98 Å². The summed E-state index contributed by atoms with van der Waals surface area (Å²) in [5.74, 6) is 0.801. The van der Waals surface area contributed by atoms with Gasteiger partial charge in [0.2, 0.25) is 0 Å². The zero-order valence-electron chi connectivity index (χ0n) is 10.7. The van der Waals surface area contributed by atoms with Gasteiger partial charge in [0, 0.05) is 18.3 Å². The number of rotatable bonds is 3. The first-order valence-corrected chi connectivity index (χ1v) is 6.08. The van der Waals surface area contributed by atoms with Gasteiger partial charge >= 0.3 is 0 Å². The van der Waals surface area contributed by atoms with Crippen LogP contribution in [0, 0.1) is 6.92 Å². The van der Waals surface area contributed by atoms with E-state index in [0.717, 1.165) is 36.6 Å². The van der Waals surface area contributed by atoms with Crippen molar-refractivity contribution in [1.29, 1.82) is 0 Å². The largest absolute Gasteiger partial charge is 0.493 e. The van der Waals surface area contributed by atoms with E-state index in [1.807, 2.05) is 13.0 Å². The zero-order valence-corrected chi connectivity index (χ0v) is 10.7. The lowest BCUT2D eigenvalue weighted by Crippen LogP contribution is -2.32. The highest BCUT2D eigenvalue weighted by Crippen LogP contribution is 2.26. The molecule has 2 rings (SSSR count). The van der Waals surface area contributed by atoms with Gasteiger partial charge in [-0.2, -0.15) is 0 Å². The van der Waals surface area contributed by atoms with Crippen molar-refractivity contribution in [3.05, 3.63) is 18.0 Å². The highest BCUT2D eigenvalue weighted by Gasteiger charge is 2.20. The molecule has 1 N–H and O–H groups in total. The average Bonchev–Trinajstić information content (AvgIpc) is 2.29. The fourth-order valence-electron chi connectivity index (χ4n) is 2.17. The molecule has 17 heavy (non-hydrogen) atoms. The molecular formula is C13H20N2O2. The molecule has 0 saturated carbocycles. The molecule has 2 heterocycles. The molecule has 1 aromatic rings. The lowest BCUT2D eigenvalue weighted by Gasteiger charge is -2.29. The van der Waals surface area contributed by atoms with Crippen molar-refractivity contribution in [1.82, 2.24) is 4.98 Å². The lowest BCUT2D eigenvalue weighted by atomic mass is 10.0. The third kappa shape index (κ3) is 3.09. The Morgan fingerprint density at radius 2 is 2.35 bits per heavy atom. The van der Waals surface area contributed by atoms with E-state index < -0.39 is 0 Å². The number of aryl methyl sites for hydroxylation is 1. The van der Waals surface area contributed by atoms with Crippen LogP contribution in [-0.4, -0.2) is 30.8 Å². The Kier molecular flexibility index (Phi) is 3.84. The van der Waals surface area contributed by atoms with Crippen LogP contribution in [-0.2, 0) is 4.74 Å². The second-order valence-corrected chi connectivity index (χ2v) is 4.57. The standard InChI is InChI=1S/C13H20N2O2/c1-9-6-12(13(16-3)8-14-9)15-11-4-5-17-10(2)7-11/h6,8,10-11H,4-5,7H2,1-3H3,(H,14,15). The summed E-state index contributed by atoms with van der Waals surface area (Å²) in [4.78, 5) is 4.23. The summed E-state index contributed by atoms with van der Waals surface area (Å²) in [6, 6.07) is 2.48. The van der Waals surface area contributed by atoms with Gasteiger partial charge in [0.05, 0.1) is 25.1 Å². The molecule has 1 aliphatic heterocycles. The number of aromatic nitrogens is 1. The van der Waals surface area contributed by atoms with E-state index in [1.165, 1.54) is 0 Å². The molecule has 0 aliphatic carbocycles. The third-order valence-electron chi connectivity index (χ3n) is 3.07. The first kappa shape index (κ1) is 12.2. The molecule has 4 nitrogen and oxygen atoms in total. The Morgan fingerprint density at radius 1 is 1.53 bits per heavy atom. The maximum atomic E-state index is 5.54. The predicted molar refractivity (Wildman–Crippen MR) is 67.6 cm³/mol. The summed E-state index contributed by atoms with van der Waals surface area (Å²) in [6.07, 6.45) is 4.16. The quantitative estimate of drug-likeness (QED) is 0.875. The molecule has 1 aliphatic rings. The van der Waals surface area contributed by atoms with Crippen LogP contribution in [0.2, 0.25) is 0 Å². The van der Waals surface area contributed by atoms with Crippen LogP contribution in [0.25, 0.3) is 0 Å². The van der Waals surface area contributed by atoms with Gasteiger partial charge in [-0.25, -0.2) is 0 Å². The van der Waals surface area contributed by atoms with Crippen LogP contribution >= 0.6 is 0 Å². The molecule has 0 bridgehead atoms. The van der Waals surface area contributed by atoms with Crippen LogP contribution in [0.5, 0.6) is 5.75 Å². The summed E-state index contributed by atoms with van der Waals surface area (Å²) in [5.41, 5.74) is 2.02. The van der Waals surface area contributed by atoms with Crippen molar-refractivity contribution in [2.75, 3.05) is 19.0 Å². The van der Waals surface area contributed by atoms with Crippen molar-refractivity contribution in [2.24, 2.45) is 0 Å². The molecule has 4 heteroatoms. The molecule has 2 unspecified atom stereocenters. The summed E-state index contributed by atoms with van der Waals surface area (Å²) in [7, 11) is 1.67. The lowest BCUT2D eigenvalue weighted by molar-refractivity contribution is 0.0232. The molecule has 0 amide bonds. The topological polar surface area (TPSA) is 43.4 Å². The van der Waals surface area contributed by atoms with Crippen molar-refractivity contribution in [2.45, 2.75) is 38.8 Å². The first-order valence-electron chi connectivity index (χ1n) is 6.08. The number of ether oxygens (including phenoxy) is 2. The minimum absolute atomic E-state index is 0.329. The second kappa shape index (κ2) is 5.36. The smallest absolute Gasteiger partial charge is 0.160 e. The van der Waals surface area contributed by atoms with E-state index in [1.54, 1.807) is 13.3 Å². The summed E-state index contributed by atoms with van der Waals surface area (Å²) < 4.78 is 10.9. The van der Waals surface area contributed by atoms with Gasteiger partial charge in [-0.15, -0.1) is 0 Å². The summed E-state index contributed by atoms with van der Waals surface area (Å²) >= 11 is 0. The first-order chi connectivity index (χ1) is 8.19. The van der Waals surface area contributed by atoms with Gasteiger partial charge in [0.15, 0.2) is 5.75 Å². The SMILES string of the molecule is COc1cnc(C)cc1NC1CCOC(C)C1. The Hall–Kier alpha value is -1.29. The highest BCUT2D eigenvalue weighted by atomic mass is 16.5. The molecule has 0 aromatic carbocycles. The van der Waals surface area contributed by atoms with E-state index in [4.69, 9.17) is 9.47 Å². The monoisotopic (exact) mass is 236 g/mol. The van der Waals surface area contributed by atoms with E-state index in [2.05, 4.69) is 17.2 Å². The third-order valence-corrected chi connectivity index (χ3v) is 3.07. The van der Waals surface area contributed by atoms with Gasteiger partial charge in [-0.1, -0.05) is 0 Å². The van der Waals surface area contributed by atoms with Crippen LogP contribution in [0.3, 0.4) is 0 Å². The maximum absolute atomic E-state index is 5.54. The van der Waals surface area contributed by atoms with Crippen molar-refractivity contribution < 1.29 is 9.47 Å². The number of anilines is 1. The van der Waals surface area contributed by atoms with Crippen LogP contribution in [0.4, 0.5) is 5.69 Å². The fourth-order valence-corrected chi connectivity index (χ4v) is 2.17. The summed E-state index contributed by atoms with van der Waals surface area (Å²) in [6.45, 7) is 4.92. The molecular weight excluding hydrogens is 216 g/mol. The molecule has 0 radical (unpaired) electrons. The van der Waals surface area contributed by atoms with Crippen molar-refractivity contribution >= 4 is 5.69 Å². The minimum atomic E-state index is 0.329. The van der Waals surface area contributed by atoms with Crippen LogP contribution in [0.15, 0.2) is 12.3 Å². The fraction of sp³-hybridized carbons (Fsp3) is 0.615. The number of nitrogens with zero attached hydrogens (tertiary/aromatic N) is 1. The molecule has 1 aromatic heterocycles.